The molecule has 0 saturated carbocycles. The van der Waals surface area contributed by atoms with E-state index < -0.39 is 53.8 Å². The molecule has 2 heterocycles. The first-order valence-corrected chi connectivity index (χ1v) is 14.3. The van der Waals surface area contributed by atoms with E-state index in [1.165, 1.54) is 12.5 Å². The van der Waals surface area contributed by atoms with Crippen LogP contribution in [0.2, 0.25) is 0 Å². The Labute approximate surface area is 258 Å². The number of nitrogens with two attached hydrogens (primary N) is 2. The summed E-state index contributed by atoms with van der Waals surface area (Å²) in [6.07, 6.45) is 4.38. The molecule has 0 bridgehead atoms. The van der Waals surface area contributed by atoms with Crippen LogP contribution in [0.1, 0.15) is 29.7 Å². The third-order valence-corrected chi connectivity index (χ3v) is 7.27. The predicted molar refractivity (Wildman–Crippen MR) is 164 cm³/mol. The lowest BCUT2D eigenvalue weighted by molar-refractivity contribution is -0.142. The Morgan fingerprint density at radius 1 is 0.800 bits per heavy atom. The lowest BCUT2D eigenvalue weighted by Gasteiger charge is -2.25. The molecule has 10 N–H and O–H groups in total. The number of aromatic amines is 2. The molecular weight excluding hydrogens is 580 g/mol. The van der Waals surface area contributed by atoms with E-state index in [0.717, 1.165) is 16.5 Å². The molecule has 45 heavy (non-hydrogen) atoms. The third-order valence-electron chi connectivity index (χ3n) is 7.27. The highest BCUT2D eigenvalue weighted by Gasteiger charge is 2.31. The van der Waals surface area contributed by atoms with E-state index in [4.69, 9.17) is 11.5 Å². The Bertz CT molecular complexity index is 1620. The van der Waals surface area contributed by atoms with Gasteiger partial charge in [-0.3, -0.25) is 19.2 Å². The van der Waals surface area contributed by atoms with Crippen LogP contribution in [-0.2, 0) is 43.2 Å². The van der Waals surface area contributed by atoms with Gasteiger partial charge in [-0.25, -0.2) is 9.78 Å². The minimum absolute atomic E-state index is 0.0392. The summed E-state index contributed by atoms with van der Waals surface area (Å²) in [4.78, 5) is 73.7. The number of carbonyl (C=O) groups excluding carboxylic acids is 4. The van der Waals surface area contributed by atoms with Crippen molar-refractivity contribution >= 4 is 40.5 Å². The zero-order valence-corrected chi connectivity index (χ0v) is 24.4. The number of aromatic nitrogens is 3. The molecule has 0 radical (unpaired) electrons. The van der Waals surface area contributed by atoms with Gasteiger partial charge in [0, 0.05) is 54.7 Å². The van der Waals surface area contributed by atoms with E-state index in [9.17, 15) is 29.1 Å². The van der Waals surface area contributed by atoms with Gasteiger partial charge >= 0.3 is 5.97 Å². The van der Waals surface area contributed by atoms with Gasteiger partial charge in [-0.2, -0.15) is 0 Å². The molecule has 14 heteroatoms. The lowest BCUT2D eigenvalue weighted by atomic mass is 10.0. The molecule has 0 aliphatic carbocycles. The van der Waals surface area contributed by atoms with Crippen LogP contribution < -0.4 is 27.4 Å². The highest BCUT2D eigenvalue weighted by Crippen LogP contribution is 2.19. The molecular formula is C31H36N8O6. The highest BCUT2D eigenvalue weighted by molar-refractivity contribution is 5.95. The van der Waals surface area contributed by atoms with E-state index in [-0.39, 0.29) is 32.1 Å². The van der Waals surface area contributed by atoms with Gasteiger partial charge in [-0.05, 0) is 23.6 Å². The number of benzene rings is 2. The number of carbonyl (C=O) groups is 5. The molecule has 4 unspecified atom stereocenters. The molecule has 4 rings (SSSR count). The number of H-pyrrole nitrogens is 2. The van der Waals surface area contributed by atoms with E-state index >= 15 is 0 Å². The first-order valence-electron chi connectivity index (χ1n) is 14.3. The number of nitrogens with one attached hydrogen (secondary N) is 5. The topological polar surface area (TPSA) is 238 Å². The molecule has 236 valence electrons. The van der Waals surface area contributed by atoms with Crippen LogP contribution >= 0.6 is 0 Å². The molecule has 0 saturated heterocycles. The minimum Gasteiger partial charge on any atom is -0.480 e. The second-order valence-corrected chi connectivity index (χ2v) is 10.7. The summed E-state index contributed by atoms with van der Waals surface area (Å²) in [6.45, 7) is 0. The average molecular weight is 617 g/mol. The van der Waals surface area contributed by atoms with Gasteiger partial charge in [0.05, 0.1) is 12.4 Å². The van der Waals surface area contributed by atoms with Gasteiger partial charge in [-0.15, -0.1) is 0 Å². The summed E-state index contributed by atoms with van der Waals surface area (Å²) in [5.74, 6) is -4.15. The number of aliphatic carboxylic acids is 1. The number of para-hydroxylation sites is 1. The van der Waals surface area contributed by atoms with Gasteiger partial charge in [0.25, 0.3) is 0 Å². The van der Waals surface area contributed by atoms with E-state index in [1.54, 1.807) is 36.5 Å². The van der Waals surface area contributed by atoms with Gasteiger partial charge in [0.1, 0.15) is 18.1 Å². The van der Waals surface area contributed by atoms with Crippen molar-refractivity contribution in [3.8, 4) is 0 Å². The molecule has 14 nitrogen and oxygen atoms in total. The van der Waals surface area contributed by atoms with Crippen molar-refractivity contribution in [2.24, 2.45) is 11.5 Å². The molecule has 0 aliphatic rings. The SMILES string of the molecule is NC(=O)CCC(NC(=O)C(Cc1ccccc1)NC(=O)C(N)Cc1cnc[nH]1)C(=O)NC(Cc1c[nH]c2ccccc12)C(=O)O. The Morgan fingerprint density at radius 3 is 2.16 bits per heavy atom. The second-order valence-electron chi connectivity index (χ2n) is 10.7. The van der Waals surface area contributed by atoms with E-state index in [0.29, 0.717) is 11.3 Å². The fraction of sp³-hybridized carbons (Fsp3) is 0.290. The van der Waals surface area contributed by atoms with Crippen molar-refractivity contribution in [1.82, 2.24) is 30.9 Å². The van der Waals surface area contributed by atoms with Gasteiger partial charge < -0.3 is 42.5 Å². The molecule has 0 fully saturated rings. The van der Waals surface area contributed by atoms with Crippen LogP contribution in [0.25, 0.3) is 10.9 Å². The smallest absolute Gasteiger partial charge is 0.326 e. The number of nitrogens with zero attached hydrogens (tertiary/aromatic N) is 1. The molecule has 2 aromatic carbocycles. The van der Waals surface area contributed by atoms with Gasteiger partial charge in [-0.1, -0.05) is 48.5 Å². The zero-order valence-electron chi connectivity index (χ0n) is 24.4. The van der Waals surface area contributed by atoms with Gasteiger partial charge in [0.15, 0.2) is 0 Å². The van der Waals surface area contributed by atoms with Gasteiger partial charge in [0.2, 0.25) is 23.6 Å². The summed E-state index contributed by atoms with van der Waals surface area (Å²) in [6, 6.07) is 11.4. The number of hydrogen-bond acceptors (Lipinski definition) is 7. The predicted octanol–water partition coefficient (Wildman–Crippen LogP) is 0.0507. The van der Waals surface area contributed by atoms with Crippen molar-refractivity contribution in [3.63, 3.8) is 0 Å². The maximum atomic E-state index is 13.6. The van der Waals surface area contributed by atoms with Crippen molar-refractivity contribution in [2.45, 2.75) is 56.3 Å². The number of fused-ring (bicyclic) bond motifs is 1. The van der Waals surface area contributed by atoms with Crippen LogP contribution in [-0.4, -0.2) is 73.8 Å². The number of carboxylic acid groups (broad SMARTS) is 1. The normalized spacial score (nSPS) is 13.7. The molecule has 2 aromatic heterocycles. The molecule has 4 aromatic rings. The summed E-state index contributed by atoms with van der Waals surface area (Å²) in [5.41, 5.74) is 14.3. The zero-order chi connectivity index (χ0) is 32.3. The van der Waals surface area contributed by atoms with Crippen LogP contribution in [0.3, 0.4) is 0 Å². The monoisotopic (exact) mass is 616 g/mol. The summed E-state index contributed by atoms with van der Waals surface area (Å²) in [5, 5.41) is 18.5. The van der Waals surface area contributed by atoms with E-state index in [1.807, 2.05) is 24.3 Å². The molecule has 0 aliphatic heterocycles. The molecule has 4 amide bonds. The lowest BCUT2D eigenvalue weighted by Crippen LogP contribution is -2.58. The number of hydrogen-bond donors (Lipinski definition) is 8. The average Bonchev–Trinajstić information content (AvgIpc) is 3.68. The van der Waals surface area contributed by atoms with Crippen LogP contribution in [0.5, 0.6) is 0 Å². The fourth-order valence-electron chi connectivity index (χ4n) is 4.88. The Kier molecular flexibility index (Phi) is 11.0. The Hall–Kier alpha value is -5.50. The number of imidazole rings is 1. The van der Waals surface area contributed by atoms with Crippen molar-refractivity contribution in [1.29, 1.82) is 0 Å². The fourth-order valence-corrected chi connectivity index (χ4v) is 4.88. The summed E-state index contributed by atoms with van der Waals surface area (Å²) >= 11 is 0. The van der Waals surface area contributed by atoms with Crippen LogP contribution in [0.15, 0.2) is 73.3 Å². The Balaban J connectivity index is 1.50. The highest BCUT2D eigenvalue weighted by atomic mass is 16.4. The first-order chi connectivity index (χ1) is 21.6. The number of carboxylic acids is 1. The quantitative estimate of drug-likeness (QED) is 0.0854. The van der Waals surface area contributed by atoms with Crippen molar-refractivity contribution < 1.29 is 29.1 Å². The van der Waals surface area contributed by atoms with Crippen LogP contribution in [0, 0.1) is 0 Å². The second kappa shape index (κ2) is 15.3. The molecule has 0 spiro atoms. The number of primary amides is 1. The van der Waals surface area contributed by atoms with E-state index in [2.05, 4.69) is 30.9 Å². The van der Waals surface area contributed by atoms with Crippen LogP contribution in [0.4, 0.5) is 0 Å². The summed E-state index contributed by atoms with van der Waals surface area (Å²) in [7, 11) is 0. The number of rotatable bonds is 16. The van der Waals surface area contributed by atoms with Crippen molar-refractivity contribution in [2.75, 3.05) is 0 Å². The minimum atomic E-state index is -1.34. The first kappa shape index (κ1) is 32.4. The third kappa shape index (κ3) is 9.24. The number of amides is 4. The van der Waals surface area contributed by atoms with Crippen molar-refractivity contribution in [3.05, 3.63) is 90.1 Å². The molecule has 4 atom stereocenters. The largest absolute Gasteiger partial charge is 0.480 e. The standard InChI is InChI=1S/C31H36N8O6/c32-22(14-20-16-34-17-36-20)28(41)38-25(12-18-6-2-1-3-7-18)30(43)37-24(10-11-27(33)40)29(42)39-26(31(44)45)13-19-15-35-23-9-5-4-8-21(19)23/h1-9,15-17,22,24-26,35H,10-14,32H2,(H2,33,40)(H,34,36)(H,37,43)(H,38,41)(H,39,42)(H,44,45). The summed E-state index contributed by atoms with van der Waals surface area (Å²) < 4.78 is 0. The Morgan fingerprint density at radius 2 is 1.47 bits per heavy atom. The maximum absolute atomic E-state index is 13.6. The maximum Gasteiger partial charge on any atom is 0.326 e.